The van der Waals surface area contributed by atoms with Gasteiger partial charge in [0.1, 0.15) is 0 Å². The molecule has 0 aromatic heterocycles. The standard InChI is InChI=1S/C17H23Si.2ClH.Hf/c1-5-18(4,16-9-7-6-8-10-16)17-12-11-15(13-17)14(2)3;;;/h6-14H,5H2,1-4H3;2*1H;/q-1;;;/p-2. The SMILES string of the molecule is CC[Si](C)(c1ccccc1)c1c[cH-]c(C(C)C)c1.[Cl-].[Cl-].[Hf]. The monoisotopic (exact) mass is 505 g/mol. The van der Waals surface area contributed by atoms with Crippen molar-refractivity contribution in [2.75, 3.05) is 0 Å². The van der Waals surface area contributed by atoms with Crippen molar-refractivity contribution in [3.05, 3.63) is 54.1 Å². The molecule has 116 valence electrons. The summed E-state index contributed by atoms with van der Waals surface area (Å²) in [6.45, 7) is 9.36. The molecule has 0 spiro atoms. The molecule has 0 saturated carbocycles. The Labute approximate surface area is 161 Å². The zero-order valence-corrected chi connectivity index (χ0v) is 19.3. The summed E-state index contributed by atoms with van der Waals surface area (Å²) >= 11 is 0. The van der Waals surface area contributed by atoms with E-state index in [1.807, 2.05) is 0 Å². The molecule has 0 aliphatic heterocycles. The van der Waals surface area contributed by atoms with Crippen molar-refractivity contribution in [2.45, 2.75) is 39.3 Å². The molecule has 0 saturated heterocycles. The molecule has 0 nitrogen and oxygen atoms in total. The third-order valence-corrected chi connectivity index (χ3v) is 8.81. The van der Waals surface area contributed by atoms with Crippen LogP contribution in [0.15, 0.2) is 48.5 Å². The van der Waals surface area contributed by atoms with E-state index >= 15 is 0 Å². The molecule has 1 unspecified atom stereocenters. The Bertz CT molecular complexity index is 511. The van der Waals surface area contributed by atoms with Crippen molar-refractivity contribution < 1.29 is 50.7 Å². The Balaban J connectivity index is 0. The maximum atomic E-state index is 2.49. The van der Waals surface area contributed by atoms with E-state index in [2.05, 4.69) is 75.8 Å². The van der Waals surface area contributed by atoms with Gasteiger partial charge in [-0.1, -0.05) is 68.9 Å². The third-order valence-electron chi connectivity index (χ3n) is 4.20. The molecule has 21 heavy (non-hydrogen) atoms. The Kier molecular flexibility index (Phi) is 11.3. The molecule has 0 aliphatic carbocycles. The average Bonchev–Trinajstić information content (AvgIpc) is 2.89. The molecule has 0 heterocycles. The minimum absolute atomic E-state index is 0. The Morgan fingerprint density at radius 3 is 2.05 bits per heavy atom. The van der Waals surface area contributed by atoms with Gasteiger partial charge in [-0.05, 0) is 5.92 Å². The largest absolute Gasteiger partial charge is 1.00 e. The average molecular weight is 505 g/mol. The van der Waals surface area contributed by atoms with Crippen LogP contribution >= 0.6 is 0 Å². The van der Waals surface area contributed by atoms with Crippen molar-refractivity contribution in [3.8, 4) is 0 Å². The molecule has 2 rings (SSSR count). The zero-order chi connectivity index (χ0) is 13.2. The summed E-state index contributed by atoms with van der Waals surface area (Å²) in [6, 6.07) is 19.4. The number of benzene rings is 1. The first kappa shape index (κ1) is 23.5. The van der Waals surface area contributed by atoms with Gasteiger partial charge in [-0.15, -0.1) is 0 Å². The molecule has 0 N–H and O–H groups in total. The van der Waals surface area contributed by atoms with E-state index in [9.17, 15) is 0 Å². The van der Waals surface area contributed by atoms with Gasteiger partial charge in [-0.25, -0.2) is 6.07 Å². The van der Waals surface area contributed by atoms with Crippen LogP contribution in [0.1, 0.15) is 32.3 Å². The Morgan fingerprint density at radius 1 is 1.05 bits per heavy atom. The molecule has 0 fully saturated rings. The number of rotatable bonds is 4. The second-order valence-corrected chi connectivity index (χ2v) is 10.2. The molecule has 2 aromatic rings. The predicted octanol–water partition coefficient (Wildman–Crippen LogP) is -2.25. The van der Waals surface area contributed by atoms with E-state index < -0.39 is 8.07 Å². The predicted molar refractivity (Wildman–Crippen MR) is 83.9 cm³/mol. The van der Waals surface area contributed by atoms with Gasteiger partial charge in [-0.2, -0.15) is 22.9 Å². The fraction of sp³-hybridized carbons (Fsp3) is 0.353. The normalized spacial score (nSPS) is 12.6. The summed E-state index contributed by atoms with van der Waals surface area (Å²) in [6.07, 6.45) is 0. The van der Waals surface area contributed by atoms with Crippen molar-refractivity contribution in [2.24, 2.45) is 0 Å². The van der Waals surface area contributed by atoms with Gasteiger partial charge < -0.3 is 24.8 Å². The fourth-order valence-electron chi connectivity index (χ4n) is 2.55. The number of halogens is 2. The summed E-state index contributed by atoms with van der Waals surface area (Å²) in [5.41, 5.74) is 1.48. The van der Waals surface area contributed by atoms with Crippen LogP contribution < -0.4 is 35.2 Å². The molecule has 0 radical (unpaired) electrons. The topological polar surface area (TPSA) is 0 Å². The zero-order valence-electron chi connectivity index (χ0n) is 13.2. The summed E-state index contributed by atoms with van der Waals surface area (Å²) in [4.78, 5) is 0. The quantitative estimate of drug-likeness (QED) is 0.326. The van der Waals surface area contributed by atoms with Crippen LogP contribution in [0.2, 0.25) is 12.6 Å². The smallest absolute Gasteiger partial charge is 0.0451 e. The maximum absolute atomic E-state index is 2.49. The molecule has 0 aliphatic rings. The molecule has 2 aromatic carbocycles. The summed E-state index contributed by atoms with van der Waals surface area (Å²) < 4.78 is 0. The third kappa shape index (κ3) is 5.13. The second kappa shape index (κ2) is 10.1. The molecular formula is C17H23Cl2HfSi-3. The van der Waals surface area contributed by atoms with Gasteiger partial charge in [-0.3, -0.25) is 0 Å². The van der Waals surface area contributed by atoms with Crippen LogP contribution in [0.3, 0.4) is 0 Å². The van der Waals surface area contributed by atoms with Crippen LogP contribution in [0.25, 0.3) is 0 Å². The van der Waals surface area contributed by atoms with Crippen LogP contribution in [-0.4, -0.2) is 8.07 Å². The fourth-order valence-corrected chi connectivity index (χ4v) is 5.56. The maximum Gasteiger partial charge on any atom is 0.0451 e. The van der Waals surface area contributed by atoms with Crippen molar-refractivity contribution in [3.63, 3.8) is 0 Å². The van der Waals surface area contributed by atoms with Crippen LogP contribution in [0.5, 0.6) is 0 Å². The number of hydrogen-bond donors (Lipinski definition) is 0. The van der Waals surface area contributed by atoms with Crippen LogP contribution in [0.4, 0.5) is 0 Å². The Hall–Kier alpha value is 0.237. The first-order valence-electron chi connectivity index (χ1n) is 6.90. The first-order chi connectivity index (χ1) is 8.58. The van der Waals surface area contributed by atoms with Crippen molar-refractivity contribution in [1.82, 2.24) is 0 Å². The van der Waals surface area contributed by atoms with Crippen LogP contribution in [-0.2, 0) is 25.8 Å². The van der Waals surface area contributed by atoms with E-state index in [4.69, 9.17) is 0 Å². The molecule has 1 atom stereocenters. The van der Waals surface area contributed by atoms with E-state index in [1.165, 1.54) is 11.6 Å². The number of hydrogen-bond acceptors (Lipinski definition) is 0. The van der Waals surface area contributed by atoms with Crippen molar-refractivity contribution in [1.29, 1.82) is 0 Å². The van der Waals surface area contributed by atoms with Gasteiger partial charge in [0.05, 0.1) is 0 Å². The molecule has 0 bridgehead atoms. The summed E-state index contributed by atoms with van der Waals surface area (Å²) in [5, 5.41) is 3.13. The molecular weight excluding hydrogens is 482 g/mol. The first-order valence-corrected chi connectivity index (χ1v) is 9.61. The van der Waals surface area contributed by atoms with Crippen molar-refractivity contribution >= 4 is 18.4 Å². The van der Waals surface area contributed by atoms with Gasteiger partial charge in [0.25, 0.3) is 0 Å². The van der Waals surface area contributed by atoms with E-state index in [1.54, 1.807) is 10.4 Å². The molecule has 4 heteroatoms. The molecule has 0 amide bonds. The Morgan fingerprint density at radius 2 is 1.62 bits per heavy atom. The minimum Gasteiger partial charge on any atom is -1.00 e. The van der Waals surface area contributed by atoms with E-state index in [0.717, 1.165) is 0 Å². The second-order valence-electron chi connectivity index (χ2n) is 5.64. The van der Waals surface area contributed by atoms with Crippen LogP contribution in [0, 0.1) is 0 Å². The summed E-state index contributed by atoms with van der Waals surface area (Å²) in [7, 11) is -1.50. The minimum atomic E-state index is -1.50. The van der Waals surface area contributed by atoms with E-state index in [0.29, 0.717) is 5.92 Å². The van der Waals surface area contributed by atoms with Gasteiger partial charge in [0.15, 0.2) is 0 Å². The van der Waals surface area contributed by atoms with Gasteiger partial charge in [0.2, 0.25) is 0 Å². The van der Waals surface area contributed by atoms with E-state index in [-0.39, 0.29) is 50.7 Å². The van der Waals surface area contributed by atoms with Gasteiger partial charge in [0, 0.05) is 33.9 Å². The van der Waals surface area contributed by atoms with Gasteiger partial charge >= 0.3 is 0 Å². The summed E-state index contributed by atoms with van der Waals surface area (Å²) in [5.74, 6) is 0.629.